The number of hydrogen-bond donors (Lipinski definition) is 0. The first-order valence-corrected chi connectivity index (χ1v) is 14.0. The number of aromatic nitrogens is 2. The van der Waals surface area contributed by atoms with Crippen LogP contribution < -0.4 is 9.80 Å². The summed E-state index contributed by atoms with van der Waals surface area (Å²) in [6, 6.07) is 19.2. The largest absolute Gasteiger partial charge is 0.445 e. The fourth-order valence-corrected chi connectivity index (χ4v) is 5.39. The van der Waals surface area contributed by atoms with Gasteiger partial charge in [0, 0.05) is 48.3 Å². The van der Waals surface area contributed by atoms with Crippen LogP contribution in [0.15, 0.2) is 90.7 Å². The molecule has 0 saturated carbocycles. The molecule has 204 valence electrons. The van der Waals surface area contributed by atoms with Crippen molar-refractivity contribution in [3.05, 3.63) is 102 Å². The Bertz CT molecular complexity index is 1430. The third-order valence-corrected chi connectivity index (χ3v) is 7.47. The monoisotopic (exact) mass is 555 g/mol. The van der Waals surface area contributed by atoms with Gasteiger partial charge in [0.1, 0.15) is 12.6 Å². The number of carbonyl (C=O) groups is 3. The van der Waals surface area contributed by atoms with Gasteiger partial charge in [-0.25, -0.2) is 9.78 Å². The Morgan fingerprint density at radius 2 is 1.73 bits per heavy atom. The molecule has 2 aromatic carbocycles. The lowest BCUT2D eigenvalue weighted by atomic mass is 10.1. The van der Waals surface area contributed by atoms with Gasteiger partial charge >= 0.3 is 6.09 Å². The molecule has 2 aromatic heterocycles. The molecule has 10 heteroatoms. The number of carbonyl (C=O) groups excluding carboxylic acids is 3. The molecular formula is C30H29N5O4S. The van der Waals surface area contributed by atoms with Crippen LogP contribution in [-0.4, -0.2) is 51.9 Å². The quantitative estimate of drug-likeness (QED) is 0.278. The van der Waals surface area contributed by atoms with Crippen LogP contribution in [0.25, 0.3) is 0 Å². The van der Waals surface area contributed by atoms with Crippen LogP contribution >= 0.6 is 11.3 Å². The zero-order chi connectivity index (χ0) is 27.9. The number of anilines is 3. The lowest BCUT2D eigenvalue weighted by molar-refractivity contribution is -0.121. The molecule has 40 heavy (non-hydrogen) atoms. The maximum atomic E-state index is 14.0. The molecule has 1 aliphatic heterocycles. The summed E-state index contributed by atoms with van der Waals surface area (Å²) in [5.41, 5.74) is 2.68. The van der Waals surface area contributed by atoms with E-state index in [0.717, 1.165) is 11.3 Å². The molecule has 3 heterocycles. The summed E-state index contributed by atoms with van der Waals surface area (Å²) >= 11 is 1.32. The van der Waals surface area contributed by atoms with Crippen molar-refractivity contribution < 1.29 is 19.1 Å². The van der Waals surface area contributed by atoms with Crippen LogP contribution in [0.5, 0.6) is 0 Å². The predicted molar refractivity (Wildman–Crippen MR) is 154 cm³/mol. The lowest BCUT2D eigenvalue weighted by Crippen LogP contribution is -2.46. The van der Waals surface area contributed by atoms with Gasteiger partial charge in [0.05, 0.1) is 5.69 Å². The molecule has 0 radical (unpaired) electrons. The number of hydrogen-bond acceptors (Lipinski definition) is 7. The van der Waals surface area contributed by atoms with Gasteiger partial charge in [-0.05, 0) is 61.7 Å². The highest BCUT2D eigenvalue weighted by molar-refractivity contribution is 7.13. The van der Waals surface area contributed by atoms with E-state index in [4.69, 9.17) is 4.74 Å². The molecule has 4 aromatic rings. The molecule has 1 aliphatic rings. The molecule has 9 nitrogen and oxygen atoms in total. The average Bonchev–Trinajstić information content (AvgIpc) is 3.71. The zero-order valence-corrected chi connectivity index (χ0v) is 22.9. The topological polar surface area (TPSA) is 95.9 Å². The minimum absolute atomic E-state index is 0.136. The number of pyridine rings is 1. The van der Waals surface area contributed by atoms with Crippen molar-refractivity contribution in [1.29, 1.82) is 0 Å². The van der Waals surface area contributed by atoms with E-state index in [9.17, 15) is 14.4 Å². The Labute approximate surface area is 236 Å². The minimum atomic E-state index is -0.684. The Kier molecular flexibility index (Phi) is 8.46. The Balaban J connectivity index is 1.35. The van der Waals surface area contributed by atoms with E-state index < -0.39 is 12.1 Å². The Morgan fingerprint density at radius 1 is 0.975 bits per heavy atom. The summed E-state index contributed by atoms with van der Waals surface area (Å²) in [6.45, 7) is 2.97. The van der Waals surface area contributed by atoms with Crippen molar-refractivity contribution in [3.63, 3.8) is 0 Å². The summed E-state index contributed by atoms with van der Waals surface area (Å²) < 4.78 is 5.54. The van der Waals surface area contributed by atoms with Crippen molar-refractivity contribution in [3.8, 4) is 0 Å². The molecule has 3 amide bonds. The highest BCUT2D eigenvalue weighted by atomic mass is 32.1. The van der Waals surface area contributed by atoms with Crippen LogP contribution in [-0.2, 0) is 16.1 Å². The van der Waals surface area contributed by atoms with Crippen molar-refractivity contribution in [2.24, 2.45) is 0 Å². The molecule has 1 atom stereocenters. The fraction of sp³-hybridized carbons (Fsp3) is 0.233. The number of thiazole rings is 1. The van der Waals surface area contributed by atoms with Crippen LogP contribution in [0.4, 0.5) is 21.3 Å². The first-order chi connectivity index (χ1) is 19.6. The van der Waals surface area contributed by atoms with E-state index >= 15 is 0 Å². The summed E-state index contributed by atoms with van der Waals surface area (Å²) in [6.07, 6.45) is 5.63. The molecule has 0 spiro atoms. The molecule has 0 aliphatic carbocycles. The number of likely N-dealkylation sites (tertiary alicyclic amines) is 1. The highest BCUT2D eigenvalue weighted by Gasteiger charge is 2.39. The maximum absolute atomic E-state index is 14.0. The van der Waals surface area contributed by atoms with Crippen molar-refractivity contribution >= 4 is 45.8 Å². The van der Waals surface area contributed by atoms with Gasteiger partial charge < -0.3 is 9.64 Å². The van der Waals surface area contributed by atoms with Crippen molar-refractivity contribution in [2.45, 2.75) is 32.4 Å². The second kappa shape index (κ2) is 12.5. The number of rotatable bonds is 8. The normalized spacial score (nSPS) is 14.5. The van der Waals surface area contributed by atoms with Gasteiger partial charge in [-0.2, -0.15) is 0 Å². The van der Waals surface area contributed by atoms with E-state index in [1.165, 1.54) is 21.1 Å². The van der Waals surface area contributed by atoms with Crippen molar-refractivity contribution in [2.75, 3.05) is 22.9 Å². The second-order valence-electron chi connectivity index (χ2n) is 9.18. The first-order valence-electron chi connectivity index (χ1n) is 13.1. The van der Waals surface area contributed by atoms with Gasteiger partial charge in [0.2, 0.25) is 0 Å². The van der Waals surface area contributed by atoms with E-state index in [0.29, 0.717) is 42.3 Å². The fourth-order valence-electron chi connectivity index (χ4n) is 4.73. The van der Waals surface area contributed by atoms with E-state index in [1.54, 1.807) is 65.3 Å². The summed E-state index contributed by atoms with van der Waals surface area (Å²) in [5.74, 6) is -0.425. The van der Waals surface area contributed by atoms with Crippen LogP contribution in [0, 0.1) is 0 Å². The van der Waals surface area contributed by atoms with Gasteiger partial charge in [-0.3, -0.25) is 24.4 Å². The molecular weight excluding hydrogens is 526 g/mol. The number of amides is 3. The smallest absolute Gasteiger partial charge is 0.410 e. The van der Waals surface area contributed by atoms with Gasteiger partial charge in [0.25, 0.3) is 11.8 Å². The zero-order valence-electron chi connectivity index (χ0n) is 22.1. The number of nitrogens with zero attached hydrogens (tertiary/aromatic N) is 5. The third kappa shape index (κ3) is 5.86. The average molecular weight is 556 g/mol. The first kappa shape index (κ1) is 27.0. The predicted octanol–water partition coefficient (Wildman–Crippen LogP) is 5.67. The minimum Gasteiger partial charge on any atom is -0.445 e. The van der Waals surface area contributed by atoms with E-state index in [1.807, 2.05) is 37.3 Å². The molecule has 1 unspecified atom stereocenters. The summed E-state index contributed by atoms with van der Waals surface area (Å²) in [7, 11) is 0. The maximum Gasteiger partial charge on any atom is 0.410 e. The van der Waals surface area contributed by atoms with Crippen LogP contribution in [0.2, 0.25) is 0 Å². The Morgan fingerprint density at radius 3 is 2.40 bits per heavy atom. The van der Waals surface area contributed by atoms with E-state index in [-0.39, 0.29) is 18.4 Å². The lowest BCUT2D eigenvalue weighted by Gasteiger charge is -2.28. The van der Waals surface area contributed by atoms with Gasteiger partial charge in [0.15, 0.2) is 5.13 Å². The summed E-state index contributed by atoms with van der Waals surface area (Å²) in [4.78, 5) is 53.3. The molecule has 0 N–H and O–H groups in total. The SMILES string of the molecule is CCN(C(=O)c1ccc(N(C(=O)C2CCCN2C(=O)OCc2ccccc2)c2nccs2)cc1)c1ccncc1. The Hall–Kier alpha value is -4.57. The second-order valence-corrected chi connectivity index (χ2v) is 10.1. The number of benzene rings is 2. The molecule has 1 saturated heterocycles. The third-order valence-electron chi connectivity index (χ3n) is 6.72. The van der Waals surface area contributed by atoms with Gasteiger partial charge in [-0.1, -0.05) is 30.3 Å². The van der Waals surface area contributed by atoms with Gasteiger partial charge in [-0.15, -0.1) is 11.3 Å². The highest BCUT2D eigenvalue weighted by Crippen LogP contribution is 2.32. The van der Waals surface area contributed by atoms with Crippen LogP contribution in [0.1, 0.15) is 35.7 Å². The van der Waals surface area contributed by atoms with Crippen molar-refractivity contribution in [1.82, 2.24) is 14.9 Å². The standard InChI is InChI=1S/C30H29N5O4S/c1-2-33(24-14-16-31-17-15-24)27(36)23-10-12-25(13-11-23)35(29-32-18-20-40-29)28(37)26-9-6-19-34(26)30(38)39-21-22-7-4-3-5-8-22/h3-5,7-8,10-18,20,26H,2,6,9,19,21H2,1H3. The van der Waals surface area contributed by atoms with Crippen LogP contribution in [0.3, 0.4) is 0 Å². The summed E-state index contributed by atoms with van der Waals surface area (Å²) in [5, 5.41) is 2.28. The molecule has 0 bridgehead atoms. The van der Waals surface area contributed by atoms with E-state index in [2.05, 4.69) is 9.97 Å². The number of ether oxygens (including phenoxy) is 1. The molecule has 5 rings (SSSR count). The molecule has 1 fully saturated rings.